The Morgan fingerprint density at radius 2 is 1.06 bits per heavy atom. The lowest BCUT2D eigenvalue weighted by Crippen LogP contribution is -2.14. The zero-order valence-corrected chi connectivity index (χ0v) is 17.7. The number of nitrogens with one attached hydrogen (secondary N) is 2. The molecule has 4 rings (SSSR count). The molecule has 0 heterocycles. The molecule has 0 bridgehead atoms. The van der Waals surface area contributed by atoms with Crippen molar-refractivity contribution in [3.8, 4) is 11.5 Å². The standard InChI is InChI=1S/C26H22N2O4/c1-31-20-11-3-9-18(15-20)25(29)27-22-13-5-7-17-8-6-14-23(24(17)22)28-26(30)19-10-4-12-21(16-19)32-2/h3-16H,1-2H3,(H,27,29)(H,28,30). The summed E-state index contributed by atoms with van der Waals surface area (Å²) in [5, 5.41) is 7.54. The summed E-state index contributed by atoms with van der Waals surface area (Å²) < 4.78 is 10.4. The minimum absolute atomic E-state index is 0.273. The van der Waals surface area contributed by atoms with Crippen LogP contribution in [0.4, 0.5) is 11.4 Å². The Hall–Kier alpha value is -4.32. The fraction of sp³-hybridized carbons (Fsp3) is 0.0769. The van der Waals surface area contributed by atoms with Crippen LogP contribution in [0.25, 0.3) is 10.8 Å². The quantitative estimate of drug-likeness (QED) is 0.435. The van der Waals surface area contributed by atoms with Gasteiger partial charge in [0.15, 0.2) is 0 Å². The van der Waals surface area contributed by atoms with Crippen LogP contribution in [0, 0.1) is 0 Å². The molecule has 0 aliphatic heterocycles. The van der Waals surface area contributed by atoms with E-state index in [1.165, 1.54) is 0 Å². The van der Waals surface area contributed by atoms with Gasteiger partial charge in [-0.3, -0.25) is 9.59 Å². The lowest BCUT2D eigenvalue weighted by atomic mass is 10.1. The number of carbonyl (C=O) groups excluding carboxylic acids is 2. The van der Waals surface area contributed by atoms with E-state index in [0.29, 0.717) is 34.0 Å². The molecule has 160 valence electrons. The molecular weight excluding hydrogens is 404 g/mol. The SMILES string of the molecule is COc1cccc(C(=O)Nc2cccc3cccc(NC(=O)c4cccc(OC)c4)c23)c1. The van der Waals surface area contributed by atoms with Crippen LogP contribution in [0.1, 0.15) is 20.7 Å². The average Bonchev–Trinajstić information content (AvgIpc) is 2.84. The molecule has 32 heavy (non-hydrogen) atoms. The van der Waals surface area contributed by atoms with Crippen LogP contribution in [-0.2, 0) is 0 Å². The van der Waals surface area contributed by atoms with E-state index in [9.17, 15) is 9.59 Å². The van der Waals surface area contributed by atoms with Gasteiger partial charge in [0, 0.05) is 16.5 Å². The Morgan fingerprint density at radius 1 is 0.625 bits per heavy atom. The second kappa shape index (κ2) is 9.22. The van der Waals surface area contributed by atoms with Crippen LogP contribution < -0.4 is 20.1 Å². The summed E-state index contributed by atoms with van der Waals surface area (Å²) in [6, 6.07) is 25.0. The minimum Gasteiger partial charge on any atom is -0.497 e. The molecule has 6 nitrogen and oxygen atoms in total. The number of anilines is 2. The van der Waals surface area contributed by atoms with Crippen molar-refractivity contribution in [3.63, 3.8) is 0 Å². The zero-order valence-electron chi connectivity index (χ0n) is 17.7. The number of ether oxygens (including phenoxy) is 2. The Labute approximate surface area is 185 Å². The number of hydrogen-bond acceptors (Lipinski definition) is 4. The predicted molar refractivity (Wildman–Crippen MR) is 126 cm³/mol. The van der Waals surface area contributed by atoms with E-state index in [-0.39, 0.29) is 11.8 Å². The van der Waals surface area contributed by atoms with E-state index >= 15 is 0 Å². The van der Waals surface area contributed by atoms with Crippen LogP contribution in [0.2, 0.25) is 0 Å². The van der Waals surface area contributed by atoms with Crippen molar-refractivity contribution in [1.82, 2.24) is 0 Å². The summed E-state index contributed by atoms with van der Waals surface area (Å²) in [6.45, 7) is 0. The molecule has 0 aromatic heterocycles. The van der Waals surface area contributed by atoms with Crippen molar-refractivity contribution < 1.29 is 19.1 Å². The number of hydrogen-bond donors (Lipinski definition) is 2. The topological polar surface area (TPSA) is 76.7 Å². The fourth-order valence-electron chi connectivity index (χ4n) is 3.47. The Balaban J connectivity index is 1.67. The number of methoxy groups -OCH3 is 2. The average molecular weight is 426 g/mol. The lowest BCUT2D eigenvalue weighted by Gasteiger charge is -2.14. The van der Waals surface area contributed by atoms with Gasteiger partial charge in [0.1, 0.15) is 11.5 Å². The molecule has 0 saturated carbocycles. The Bertz CT molecular complexity index is 1200. The first-order chi connectivity index (χ1) is 15.6. The molecule has 0 aliphatic carbocycles. The lowest BCUT2D eigenvalue weighted by molar-refractivity contribution is 0.101. The number of rotatable bonds is 6. The third kappa shape index (κ3) is 4.39. The molecule has 0 aliphatic rings. The number of fused-ring (bicyclic) bond motifs is 1. The summed E-state index contributed by atoms with van der Waals surface area (Å²) in [4.78, 5) is 25.8. The second-order valence-corrected chi connectivity index (χ2v) is 7.08. The van der Waals surface area contributed by atoms with E-state index in [1.54, 1.807) is 62.8 Å². The molecule has 0 atom stereocenters. The Morgan fingerprint density at radius 3 is 1.50 bits per heavy atom. The van der Waals surface area contributed by atoms with Crippen molar-refractivity contribution >= 4 is 34.0 Å². The van der Waals surface area contributed by atoms with Crippen LogP contribution in [0.3, 0.4) is 0 Å². The van der Waals surface area contributed by atoms with Crippen molar-refractivity contribution in [1.29, 1.82) is 0 Å². The van der Waals surface area contributed by atoms with Gasteiger partial charge in [-0.1, -0.05) is 36.4 Å². The molecule has 4 aromatic rings. The molecule has 2 N–H and O–H groups in total. The van der Waals surface area contributed by atoms with Crippen molar-refractivity contribution in [2.75, 3.05) is 24.9 Å². The van der Waals surface area contributed by atoms with Gasteiger partial charge in [-0.05, 0) is 53.9 Å². The van der Waals surface area contributed by atoms with Gasteiger partial charge >= 0.3 is 0 Å². The maximum Gasteiger partial charge on any atom is 0.255 e. The van der Waals surface area contributed by atoms with E-state index < -0.39 is 0 Å². The highest BCUT2D eigenvalue weighted by Crippen LogP contribution is 2.31. The molecule has 0 spiro atoms. The normalized spacial score (nSPS) is 10.4. The van der Waals surface area contributed by atoms with Gasteiger partial charge in [0.25, 0.3) is 11.8 Å². The van der Waals surface area contributed by atoms with Crippen LogP contribution >= 0.6 is 0 Å². The molecular formula is C26H22N2O4. The summed E-state index contributed by atoms with van der Waals surface area (Å²) in [7, 11) is 3.11. The minimum atomic E-state index is -0.273. The third-order valence-electron chi connectivity index (χ3n) is 5.06. The smallest absolute Gasteiger partial charge is 0.255 e. The van der Waals surface area contributed by atoms with Crippen LogP contribution in [-0.4, -0.2) is 26.0 Å². The first-order valence-electron chi connectivity index (χ1n) is 10.0. The zero-order chi connectivity index (χ0) is 22.5. The van der Waals surface area contributed by atoms with Gasteiger partial charge < -0.3 is 20.1 Å². The number of benzene rings is 4. The van der Waals surface area contributed by atoms with Crippen molar-refractivity contribution in [3.05, 3.63) is 96.1 Å². The largest absolute Gasteiger partial charge is 0.497 e. The van der Waals surface area contributed by atoms with Crippen LogP contribution in [0.5, 0.6) is 11.5 Å². The van der Waals surface area contributed by atoms with E-state index in [4.69, 9.17) is 9.47 Å². The summed E-state index contributed by atoms with van der Waals surface area (Å²) >= 11 is 0. The maximum atomic E-state index is 12.9. The van der Waals surface area contributed by atoms with E-state index in [1.807, 2.05) is 36.4 Å². The van der Waals surface area contributed by atoms with Gasteiger partial charge in [-0.2, -0.15) is 0 Å². The monoisotopic (exact) mass is 426 g/mol. The summed E-state index contributed by atoms with van der Waals surface area (Å²) in [5.74, 6) is 0.652. The van der Waals surface area contributed by atoms with E-state index in [2.05, 4.69) is 10.6 Å². The number of carbonyl (C=O) groups is 2. The Kier molecular flexibility index (Phi) is 6.03. The molecule has 0 fully saturated rings. The van der Waals surface area contributed by atoms with Crippen molar-refractivity contribution in [2.45, 2.75) is 0 Å². The maximum absolute atomic E-state index is 12.9. The molecule has 0 unspecified atom stereocenters. The summed E-state index contributed by atoms with van der Waals surface area (Å²) in [5.41, 5.74) is 2.13. The summed E-state index contributed by atoms with van der Waals surface area (Å²) in [6.07, 6.45) is 0. The fourth-order valence-corrected chi connectivity index (χ4v) is 3.47. The molecule has 4 aromatic carbocycles. The van der Waals surface area contributed by atoms with Gasteiger partial charge in [0.2, 0.25) is 0 Å². The van der Waals surface area contributed by atoms with E-state index in [0.717, 1.165) is 10.8 Å². The first-order valence-corrected chi connectivity index (χ1v) is 10.0. The molecule has 0 radical (unpaired) electrons. The molecule has 0 saturated heterocycles. The van der Waals surface area contributed by atoms with Crippen LogP contribution in [0.15, 0.2) is 84.9 Å². The molecule has 2 amide bonds. The molecule has 6 heteroatoms. The predicted octanol–water partition coefficient (Wildman–Crippen LogP) is 5.36. The van der Waals surface area contributed by atoms with Gasteiger partial charge in [-0.25, -0.2) is 0 Å². The second-order valence-electron chi connectivity index (χ2n) is 7.08. The van der Waals surface area contributed by atoms with Gasteiger partial charge in [0.05, 0.1) is 25.6 Å². The highest BCUT2D eigenvalue weighted by Gasteiger charge is 2.14. The highest BCUT2D eigenvalue weighted by atomic mass is 16.5. The van der Waals surface area contributed by atoms with Crippen molar-refractivity contribution in [2.24, 2.45) is 0 Å². The van der Waals surface area contributed by atoms with Gasteiger partial charge in [-0.15, -0.1) is 0 Å². The third-order valence-corrected chi connectivity index (χ3v) is 5.06. The number of amides is 2. The first kappa shape index (κ1) is 20.9. The highest BCUT2D eigenvalue weighted by molar-refractivity contribution is 6.15.